The molecule has 0 saturated heterocycles. The molecule has 15 heavy (non-hydrogen) atoms. The maximum Gasteiger partial charge on any atom is 0.0624 e. The van der Waals surface area contributed by atoms with Gasteiger partial charge < -0.3 is 5.73 Å². The maximum absolute atomic E-state index is 5.99. The van der Waals surface area contributed by atoms with Gasteiger partial charge >= 0.3 is 0 Å². The summed E-state index contributed by atoms with van der Waals surface area (Å²) in [7, 11) is 2.01. The zero-order valence-electron chi connectivity index (χ0n) is 10.2. The minimum Gasteiger partial charge on any atom is -0.328 e. The summed E-state index contributed by atoms with van der Waals surface area (Å²) in [5, 5.41) is 4.43. The van der Waals surface area contributed by atoms with Crippen molar-refractivity contribution >= 4 is 0 Å². The van der Waals surface area contributed by atoms with Crippen molar-refractivity contribution in [3.05, 3.63) is 17.5 Å². The Labute approximate surface area is 92.7 Å². The van der Waals surface area contributed by atoms with E-state index in [1.807, 2.05) is 11.7 Å². The van der Waals surface area contributed by atoms with Gasteiger partial charge in [-0.3, -0.25) is 4.68 Å². The van der Waals surface area contributed by atoms with E-state index in [0.717, 1.165) is 25.7 Å². The average Bonchev–Trinajstić information content (AvgIpc) is 2.57. The topological polar surface area (TPSA) is 43.8 Å². The molecule has 0 aliphatic heterocycles. The fourth-order valence-electron chi connectivity index (χ4n) is 1.83. The lowest BCUT2D eigenvalue weighted by Crippen LogP contribution is -2.20. The molecule has 3 heteroatoms. The van der Waals surface area contributed by atoms with Crippen molar-refractivity contribution < 1.29 is 0 Å². The lowest BCUT2D eigenvalue weighted by molar-refractivity contribution is 0.547. The van der Waals surface area contributed by atoms with Crippen LogP contribution in [-0.2, 0) is 19.9 Å². The number of hydrogen-bond acceptors (Lipinski definition) is 2. The first-order valence-electron chi connectivity index (χ1n) is 5.94. The third-order valence-electron chi connectivity index (χ3n) is 2.82. The quantitative estimate of drug-likeness (QED) is 0.779. The molecule has 0 aromatic carbocycles. The van der Waals surface area contributed by atoms with E-state index in [2.05, 4.69) is 25.0 Å². The van der Waals surface area contributed by atoms with Gasteiger partial charge in [-0.25, -0.2) is 0 Å². The molecule has 1 aromatic heterocycles. The Bertz CT molecular complexity index is 291. The van der Waals surface area contributed by atoms with Crippen LogP contribution in [0.4, 0.5) is 0 Å². The van der Waals surface area contributed by atoms with E-state index in [1.54, 1.807) is 0 Å². The largest absolute Gasteiger partial charge is 0.328 e. The number of rotatable bonds is 6. The lowest BCUT2D eigenvalue weighted by atomic mass is 10.1. The minimum atomic E-state index is 0.343. The van der Waals surface area contributed by atoms with Crippen molar-refractivity contribution in [2.45, 2.75) is 52.0 Å². The molecule has 0 aliphatic carbocycles. The minimum absolute atomic E-state index is 0.343. The fraction of sp³-hybridized carbons (Fsp3) is 0.750. The molecule has 1 rings (SSSR count). The van der Waals surface area contributed by atoms with Crippen LogP contribution in [0.5, 0.6) is 0 Å². The molecular weight excluding hydrogens is 186 g/mol. The van der Waals surface area contributed by atoms with Crippen molar-refractivity contribution in [1.29, 1.82) is 0 Å². The molecular formula is C12H23N3. The molecule has 2 N–H and O–H groups in total. The van der Waals surface area contributed by atoms with E-state index in [9.17, 15) is 0 Å². The van der Waals surface area contributed by atoms with Crippen LogP contribution >= 0.6 is 0 Å². The second-order valence-corrected chi connectivity index (χ2v) is 4.19. The third-order valence-corrected chi connectivity index (χ3v) is 2.82. The van der Waals surface area contributed by atoms with Crippen LogP contribution in [0.3, 0.4) is 0 Å². The predicted octanol–water partition coefficient (Wildman–Crippen LogP) is 2.04. The van der Waals surface area contributed by atoms with E-state index < -0.39 is 0 Å². The van der Waals surface area contributed by atoms with E-state index >= 15 is 0 Å². The van der Waals surface area contributed by atoms with Crippen LogP contribution in [0.2, 0.25) is 0 Å². The molecule has 0 fully saturated rings. The Morgan fingerprint density at radius 3 is 2.67 bits per heavy atom. The van der Waals surface area contributed by atoms with Crippen molar-refractivity contribution in [3.8, 4) is 0 Å². The Morgan fingerprint density at radius 1 is 1.40 bits per heavy atom. The summed E-state index contributed by atoms with van der Waals surface area (Å²) in [5.41, 5.74) is 8.47. The van der Waals surface area contributed by atoms with Gasteiger partial charge in [0.15, 0.2) is 0 Å². The summed E-state index contributed by atoms with van der Waals surface area (Å²) in [5.74, 6) is 0. The zero-order chi connectivity index (χ0) is 11.3. The van der Waals surface area contributed by atoms with Crippen LogP contribution in [0.25, 0.3) is 0 Å². The van der Waals surface area contributed by atoms with E-state index in [1.165, 1.54) is 17.8 Å². The average molecular weight is 209 g/mol. The van der Waals surface area contributed by atoms with Crippen LogP contribution in [0.15, 0.2) is 6.07 Å². The number of nitrogens with zero attached hydrogens (tertiary/aromatic N) is 2. The van der Waals surface area contributed by atoms with Crippen LogP contribution < -0.4 is 5.73 Å². The van der Waals surface area contributed by atoms with Crippen molar-refractivity contribution in [1.82, 2.24) is 9.78 Å². The molecule has 86 valence electrons. The van der Waals surface area contributed by atoms with Gasteiger partial charge in [0.2, 0.25) is 0 Å². The van der Waals surface area contributed by atoms with Gasteiger partial charge in [0.05, 0.1) is 5.69 Å². The van der Waals surface area contributed by atoms with Crippen LogP contribution in [-0.4, -0.2) is 15.8 Å². The van der Waals surface area contributed by atoms with Gasteiger partial charge in [0, 0.05) is 18.8 Å². The Balaban J connectivity index is 2.46. The van der Waals surface area contributed by atoms with E-state index in [-0.39, 0.29) is 0 Å². The first-order chi connectivity index (χ1) is 7.17. The first-order valence-corrected chi connectivity index (χ1v) is 5.94. The number of hydrogen-bond donors (Lipinski definition) is 1. The molecule has 0 bridgehead atoms. The lowest BCUT2D eigenvalue weighted by Gasteiger charge is -2.09. The van der Waals surface area contributed by atoms with E-state index in [0.29, 0.717) is 6.04 Å². The maximum atomic E-state index is 5.99. The Morgan fingerprint density at radius 2 is 2.13 bits per heavy atom. The molecule has 3 nitrogen and oxygen atoms in total. The van der Waals surface area contributed by atoms with Crippen molar-refractivity contribution in [2.75, 3.05) is 0 Å². The van der Waals surface area contributed by atoms with Gasteiger partial charge in [-0.05, 0) is 31.7 Å². The van der Waals surface area contributed by atoms with Gasteiger partial charge in [-0.1, -0.05) is 20.3 Å². The molecule has 1 heterocycles. The van der Waals surface area contributed by atoms with Crippen molar-refractivity contribution in [2.24, 2.45) is 12.8 Å². The SMILES string of the molecule is CCCC(N)CCc1cc(CC)nn1C. The zero-order valence-corrected chi connectivity index (χ0v) is 10.2. The van der Waals surface area contributed by atoms with Crippen molar-refractivity contribution in [3.63, 3.8) is 0 Å². The second-order valence-electron chi connectivity index (χ2n) is 4.19. The second kappa shape index (κ2) is 5.91. The summed E-state index contributed by atoms with van der Waals surface area (Å²) < 4.78 is 1.98. The normalized spacial score (nSPS) is 13.1. The highest BCUT2D eigenvalue weighted by atomic mass is 15.3. The third kappa shape index (κ3) is 3.67. The standard InChI is InChI=1S/C12H23N3/c1-4-6-10(13)7-8-12-9-11(5-2)14-15(12)3/h9-10H,4-8,13H2,1-3H3. The number of nitrogens with two attached hydrogens (primary N) is 1. The van der Waals surface area contributed by atoms with Gasteiger partial charge in [-0.2, -0.15) is 5.10 Å². The number of aromatic nitrogens is 2. The summed E-state index contributed by atoms with van der Waals surface area (Å²) in [6.07, 6.45) is 5.42. The summed E-state index contributed by atoms with van der Waals surface area (Å²) in [4.78, 5) is 0. The monoisotopic (exact) mass is 209 g/mol. The smallest absolute Gasteiger partial charge is 0.0624 e. The summed E-state index contributed by atoms with van der Waals surface area (Å²) in [6, 6.07) is 2.54. The summed E-state index contributed by atoms with van der Waals surface area (Å²) in [6.45, 7) is 4.31. The molecule has 0 radical (unpaired) electrons. The predicted molar refractivity (Wildman–Crippen MR) is 63.8 cm³/mol. The highest BCUT2D eigenvalue weighted by molar-refractivity contribution is 5.10. The van der Waals surface area contributed by atoms with Gasteiger partial charge in [0.1, 0.15) is 0 Å². The first kappa shape index (κ1) is 12.2. The van der Waals surface area contributed by atoms with Gasteiger partial charge in [0.25, 0.3) is 0 Å². The fourth-order valence-corrected chi connectivity index (χ4v) is 1.83. The molecule has 0 spiro atoms. The molecule has 1 unspecified atom stereocenters. The molecule has 1 atom stereocenters. The molecule has 0 saturated carbocycles. The van der Waals surface area contributed by atoms with Crippen LogP contribution in [0.1, 0.15) is 44.5 Å². The molecule has 0 aliphatic rings. The Hall–Kier alpha value is -0.830. The molecule has 0 amide bonds. The highest BCUT2D eigenvalue weighted by Crippen LogP contribution is 2.09. The summed E-state index contributed by atoms with van der Waals surface area (Å²) >= 11 is 0. The van der Waals surface area contributed by atoms with Crippen LogP contribution in [0, 0.1) is 0 Å². The Kier molecular flexibility index (Phi) is 4.82. The van der Waals surface area contributed by atoms with Gasteiger partial charge in [-0.15, -0.1) is 0 Å². The highest BCUT2D eigenvalue weighted by Gasteiger charge is 2.06. The number of aryl methyl sites for hydroxylation is 3. The molecule has 1 aromatic rings. The van der Waals surface area contributed by atoms with E-state index in [4.69, 9.17) is 5.73 Å².